The molecule has 106 valence electrons. The Morgan fingerprint density at radius 2 is 1.76 bits per heavy atom. The van der Waals surface area contributed by atoms with Gasteiger partial charge in [0.1, 0.15) is 0 Å². The summed E-state index contributed by atoms with van der Waals surface area (Å²) in [6, 6.07) is 8.57. The molecule has 1 heterocycles. The van der Waals surface area contributed by atoms with Gasteiger partial charge in [-0.25, -0.2) is 4.79 Å². The first-order valence-electron chi connectivity index (χ1n) is 5.98. The number of nitro benzene ring substituents is 1. The molecule has 1 aromatic heterocycles. The molecule has 0 spiro atoms. The molecular weight excluding hydrogens is 274 g/mol. The second kappa shape index (κ2) is 6.38. The maximum Gasteiger partial charge on any atom is 0.365 e. The van der Waals surface area contributed by atoms with Crippen LogP contribution in [0, 0.1) is 10.1 Å². The number of hydrogen-bond donors (Lipinski definition) is 0. The van der Waals surface area contributed by atoms with Crippen molar-refractivity contribution in [1.82, 2.24) is 4.98 Å². The summed E-state index contributed by atoms with van der Waals surface area (Å²) in [6.45, 7) is 1.69. The Morgan fingerprint density at radius 3 is 2.33 bits per heavy atom. The molecule has 0 aliphatic heterocycles. The molecule has 0 fully saturated rings. The molecule has 0 bridgehead atoms. The first kappa shape index (κ1) is 14.3. The van der Waals surface area contributed by atoms with E-state index in [9.17, 15) is 14.9 Å². The molecule has 2 aromatic rings. The number of carbonyl (C=O) groups is 1. The van der Waals surface area contributed by atoms with E-state index in [4.69, 9.17) is 4.84 Å². The fourth-order valence-corrected chi connectivity index (χ4v) is 1.53. The maximum atomic E-state index is 11.8. The number of rotatable bonds is 4. The van der Waals surface area contributed by atoms with Crippen molar-refractivity contribution in [1.29, 1.82) is 0 Å². The predicted molar refractivity (Wildman–Crippen MR) is 75.0 cm³/mol. The fraction of sp³-hybridized carbons (Fsp3) is 0.0714. The lowest BCUT2D eigenvalue weighted by molar-refractivity contribution is -0.384. The zero-order chi connectivity index (χ0) is 15.2. The highest BCUT2D eigenvalue weighted by molar-refractivity contribution is 5.99. The third-order valence-electron chi connectivity index (χ3n) is 2.68. The van der Waals surface area contributed by atoms with Gasteiger partial charge in [0.05, 0.1) is 16.2 Å². The topological polar surface area (TPSA) is 94.7 Å². The van der Waals surface area contributed by atoms with Gasteiger partial charge in [-0.05, 0) is 31.2 Å². The highest BCUT2D eigenvalue weighted by Crippen LogP contribution is 2.13. The van der Waals surface area contributed by atoms with Crippen LogP contribution >= 0.6 is 0 Å². The van der Waals surface area contributed by atoms with Crippen molar-refractivity contribution in [2.45, 2.75) is 6.92 Å². The summed E-state index contributed by atoms with van der Waals surface area (Å²) in [7, 11) is 0. The molecule has 0 N–H and O–H groups in total. The van der Waals surface area contributed by atoms with Crippen molar-refractivity contribution in [3.05, 3.63) is 70.0 Å². The number of aromatic nitrogens is 1. The Morgan fingerprint density at radius 1 is 1.14 bits per heavy atom. The minimum Gasteiger partial charge on any atom is -0.313 e. The molecule has 0 atom stereocenters. The lowest BCUT2D eigenvalue weighted by Crippen LogP contribution is -2.04. The number of benzene rings is 1. The third kappa shape index (κ3) is 3.69. The highest BCUT2D eigenvalue weighted by Gasteiger charge is 2.11. The smallest absolute Gasteiger partial charge is 0.313 e. The Hall–Kier alpha value is -3.09. The zero-order valence-electron chi connectivity index (χ0n) is 11.1. The molecule has 1 aromatic carbocycles. The molecule has 0 aliphatic rings. The van der Waals surface area contributed by atoms with Gasteiger partial charge in [0.15, 0.2) is 0 Å². The quantitative estimate of drug-likeness (QED) is 0.372. The third-order valence-corrected chi connectivity index (χ3v) is 2.68. The number of nitro groups is 1. The van der Waals surface area contributed by atoms with Crippen LogP contribution in [-0.4, -0.2) is 21.6 Å². The van der Waals surface area contributed by atoms with Gasteiger partial charge >= 0.3 is 5.97 Å². The van der Waals surface area contributed by atoms with Gasteiger partial charge < -0.3 is 4.84 Å². The second-order valence-electron chi connectivity index (χ2n) is 4.10. The van der Waals surface area contributed by atoms with Crippen molar-refractivity contribution in [2.24, 2.45) is 5.16 Å². The average molecular weight is 285 g/mol. The van der Waals surface area contributed by atoms with Crippen LogP contribution in [0.4, 0.5) is 5.69 Å². The van der Waals surface area contributed by atoms with Crippen LogP contribution in [0.3, 0.4) is 0 Å². The maximum absolute atomic E-state index is 11.8. The van der Waals surface area contributed by atoms with E-state index in [0.717, 1.165) is 5.56 Å². The van der Waals surface area contributed by atoms with E-state index in [1.807, 2.05) is 0 Å². The molecule has 2 rings (SSSR count). The van der Waals surface area contributed by atoms with Gasteiger partial charge in [-0.15, -0.1) is 0 Å². The van der Waals surface area contributed by atoms with Gasteiger partial charge in [0, 0.05) is 30.1 Å². The fourth-order valence-electron chi connectivity index (χ4n) is 1.53. The van der Waals surface area contributed by atoms with Gasteiger partial charge in [0.2, 0.25) is 0 Å². The normalized spacial score (nSPS) is 11.0. The van der Waals surface area contributed by atoms with Crippen LogP contribution in [0.2, 0.25) is 0 Å². The van der Waals surface area contributed by atoms with Gasteiger partial charge in [0.25, 0.3) is 5.69 Å². The van der Waals surface area contributed by atoms with Crippen LogP contribution < -0.4 is 0 Å². The van der Waals surface area contributed by atoms with Crippen LogP contribution in [0.5, 0.6) is 0 Å². The zero-order valence-corrected chi connectivity index (χ0v) is 11.1. The lowest BCUT2D eigenvalue weighted by Gasteiger charge is -2.01. The van der Waals surface area contributed by atoms with E-state index in [0.29, 0.717) is 5.71 Å². The van der Waals surface area contributed by atoms with Crippen LogP contribution in [0.1, 0.15) is 22.8 Å². The summed E-state index contributed by atoms with van der Waals surface area (Å²) in [6.07, 6.45) is 3.21. The first-order chi connectivity index (χ1) is 10.1. The lowest BCUT2D eigenvalue weighted by atomic mass is 10.2. The minimum atomic E-state index is -0.682. The highest BCUT2D eigenvalue weighted by atomic mass is 16.7. The summed E-state index contributed by atoms with van der Waals surface area (Å²) < 4.78 is 0. The van der Waals surface area contributed by atoms with Crippen LogP contribution in [0.15, 0.2) is 53.9 Å². The number of hydrogen-bond acceptors (Lipinski definition) is 6. The van der Waals surface area contributed by atoms with E-state index < -0.39 is 10.9 Å². The van der Waals surface area contributed by atoms with E-state index in [1.54, 1.807) is 31.5 Å². The molecule has 21 heavy (non-hydrogen) atoms. The molecule has 0 saturated heterocycles. The van der Waals surface area contributed by atoms with Crippen molar-refractivity contribution in [3.8, 4) is 0 Å². The number of non-ortho nitro benzene ring substituents is 1. The molecular formula is C14H11N3O4. The van der Waals surface area contributed by atoms with Gasteiger partial charge in [-0.2, -0.15) is 0 Å². The number of pyridine rings is 1. The van der Waals surface area contributed by atoms with Crippen molar-refractivity contribution in [2.75, 3.05) is 0 Å². The first-order valence-corrected chi connectivity index (χ1v) is 5.98. The summed E-state index contributed by atoms with van der Waals surface area (Å²) in [4.78, 5) is 30.4. The molecule has 0 aliphatic carbocycles. The van der Waals surface area contributed by atoms with E-state index >= 15 is 0 Å². The Kier molecular flexibility index (Phi) is 4.35. The van der Waals surface area contributed by atoms with Gasteiger partial charge in [-0.3, -0.25) is 15.1 Å². The van der Waals surface area contributed by atoms with E-state index in [2.05, 4.69) is 10.1 Å². The standard InChI is InChI=1S/C14H11N3O4/c1-10(11-6-8-15-9-7-11)16-21-14(18)12-2-4-13(5-3-12)17(19)20/h2-9H,1H3. The SMILES string of the molecule is CC(=NOC(=O)c1ccc([N+](=O)[O-])cc1)c1ccncc1. The monoisotopic (exact) mass is 285 g/mol. The number of nitrogens with zero attached hydrogens (tertiary/aromatic N) is 3. The minimum absolute atomic E-state index is 0.0944. The molecule has 0 saturated carbocycles. The summed E-state index contributed by atoms with van der Waals surface area (Å²) in [5.41, 5.74) is 1.39. The summed E-state index contributed by atoms with van der Waals surface area (Å²) >= 11 is 0. The Labute approximate surface area is 120 Å². The predicted octanol–water partition coefficient (Wildman–Crippen LogP) is 2.57. The molecule has 0 radical (unpaired) electrons. The Bertz CT molecular complexity index is 681. The van der Waals surface area contributed by atoms with Gasteiger partial charge in [-0.1, -0.05) is 5.16 Å². The summed E-state index contributed by atoms with van der Waals surface area (Å²) in [5, 5.41) is 14.3. The van der Waals surface area contributed by atoms with Crippen LogP contribution in [-0.2, 0) is 4.84 Å². The molecule has 0 amide bonds. The molecule has 7 heteroatoms. The number of carbonyl (C=O) groups excluding carboxylic acids is 1. The summed E-state index contributed by atoms with van der Waals surface area (Å²) in [5.74, 6) is -0.682. The van der Waals surface area contributed by atoms with Crippen molar-refractivity contribution >= 4 is 17.4 Å². The largest absolute Gasteiger partial charge is 0.365 e. The average Bonchev–Trinajstić information content (AvgIpc) is 2.53. The second-order valence-corrected chi connectivity index (χ2v) is 4.10. The van der Waals surface area contributed by atoms with E-state index in [1.165, 1.54) is 24.3 Å². The molecule has 7 nitrogen and oxygen atoms in total. The van der Waals surface area contributed by atoms with Crippen molar-refractivity contribution < 1.29 is 14.6 Å². The van der Waals surface area contributed by atoms with E-state index in [-0.39, 0.29) is 11.3 Å². The molecule has 0 unspecified atom stereocenters. The van der Waals surface area contributed by atoms with Crippen molar-refractivity contribution in [3.63, 3.8) is 0 Å². The Balaban J connectivity index is 2.06. The van der Waals surface area contributed by atoms with Crippen LogP contribution in [0.25, 0.3) is 0 Å². The number of oxime groups is 1.